The van der Waals surface area contributed by atoms with Crippen molar-refractivity contribution < 1.29 is 14.6 Å². The highest BCUT2D eigenvalue weighted by atomic mass is 16.5. The lowest BCUT2D eigenvalue weighted by atomic mass is 9.84. The molecule has 1 aliphatic carbocycles. The molecule has 184 valence electrons. The van der Waals surface area contributed by atoms with Gasteiger partial charge in [0.1, 0.15) is 23.8 Å². The van der Waals surface area contributed by atoms with E-state index in [1.54, 1.807) is 13.4 Å². The lowest BCUT2D eigenvalue weighted by Crippen LogP contribution is -2.32. The first-order chi connectivity index (χ1) is 17.5. The maximum atomic E-state index is 11.1. The van der Waals surface area contributed by atoms with Crippen LogP contribution in [0.5, 0.6) is 5.75 Å². The van der Waals surface area contributed by atoms with Crippen LogP contribution in [0.25, 0.3) is 27.7 Å². The van der Waals surface area contributed by atoms with E-state index in [2.05, 4.69) is 63.2 Å². The number of methoxy groups -OCH3 is 1. The molecule has 0 spiro atoms. The van der Waals surface area contributed by atoms with Gasteiger partial charge in [0.05, 0.1) is 12.8 Å². The van der Waals surface area contributed by atoms with Crippen LogP contribution >= 0.6 is 0 Å². The molecule has 0 saturated heterocycles. The van der Waals surface area contributed by atoms with Crippen LogP contribution in [0.4, 0.5) is 0 Å². The SMILES string of the molecule is COc1cccc(-c2ccc(Cn3ccc4c(C5=CCC(C[C@H](N)C(=O)O)CC5)ncnc43)cc2)c1. The lowest BCUT2D eigenvalue weighted by molar-refractivity contribution is -0.138. The monoisotopic (exact) mass is 482 g/mol. The molecule has 36 heavy (non-hydrogen) atoms. The maximum absolute atomic E-state index is 11.1. The number of carboxylic acids is 1. The zero-order valence-electron chi connectivity index (χ0n) is 20.3. The third-order valence-corrected chi connectivity index (χ3v) is 6.99. The zero-order chi connectivity index (χ0) is 25.1. The van der Waals surface area contributed by atoms with Crippen LogP contribution in [-0.2, 0) is 11.3 Å². The van der Waals surface area contributed by atoms with E-state index < -0.39 is 12.0 Å². The number of carboxylic acid groups (broad SMARTS) is 1. The van der Waals surface area contributed by atoms with Crippen LogP contribution in [0, 0.1) is 5.92 Å². The van der Waals surface area contributed by atoms with Gasteiger partial charge in [0, 0.05) is 18.1 Å². The Morgan fingerprint density at radius 3 is 2.72 bits per heavy atom. The molecule has 0 amide bonds. The maximum Gasteiger partial charge on any atom is 0.320 e. The van der Waals surface area contributed by atoms with Crippen LogP contribution in [0.3, 0.4) is 0 Å². The number of rotatable bonds is 8. The van der Waals surface area contributed by atoms with E-state index in [1.807, 2.05) is 18.2 Å². The summed E-state index contributed by atoms with van der Waals surface area (Å²) < 4.78 is 7.50. The van der Waals surface area contributed by atoms with E-state index >= 15 is 0 Å². The highest BCUT2D eigenvalue weighted by Gasteiger charge is 2.23. The normalized spacial score (nSPS) is 16.5. The Morgan fingerprint density at radius 2 is 2.00 bits per heavy atom. The first-order valence-corrected chi connectivity index (χ1v) is 12.2. The Labute approximate surface area is 210 Å². The average Bonchev–Trinajstić information content (AvgIpc) is 3.32. The summed E-state index contributed by atoms with van der Waals surface area (Å²) >= 11 is 0. The van der Waals surface area contributed by atoms with Crippen molar-refractivity contribution in [2.75, 3.05) is 7.11 Å². The van der Waals surface area contributed by atoms with Crippen molar-refractivity contribution in [2.45, 2.75) is 38.3 Å². The number of nitrogens with two attached hydrogens (primary N) is 1. The fraction of sp³-hybridized carbons (Fsp3) is 0.276. The molecule has 4 aromatic rings. The molecule has 1 aliphatic rings. The van der Waals surface area contributed by atoms with Gasteiger partial charge < -0.3 is 20.1 Å². The number of allylic oxidation sites excluding steroid dienone is 2. The Morgan fingerprint density at radius 1 is 1.17 bits per heavy atom. The van der Waals surface area contributed by atoms with Gasteiger partial charge >= 0.3 is 5.97 Å². The summed E-state index contributed by atoms with van der Waals surface area (Å²) in [5.41, 5.74) is 12.3. The summed E-state index contributed by atoms with van der Waals surface area (Å²) in [5.74, 6) is 0.207. The van der Waals surface area contributed by atoms with Crippen molar-refractivity contribution in [1.29, 1.82) is 0 Å². The average molecular weight is 483 g/mol. The molecule has 7 heteroatoms. The number of ether oxygens (including phenoxy) is 1. The number of aliphatic carboxylic acids is 1. The van der Waals surface area contributed by atoms with Gasteiger partial charge in [-0.25, -0.2) is 9.97 Å². The minimum Gasteiger partial charge on any atom is -0.497 e. The minimum absolute atomic E-state index is 0.293. The van der Waals surface area contributed by atoms with Gasteiger partial charge in [-0.15, -0.1) is 0 Å². The predicted molar refractivity (Wildman–Crippen MR) is 141 cm³/mol. The molecule has 2 atom stereocenters. The predicted octanol–water partition coefficient (Wildman–Crippen LogP) is 5.14. The van der Waals surface area contributed by atoms with Gasteiger partial charge in [-0.05, 0) is 72.1 Å². The minimum atomic E-state index is -0.932. The molecule has 0 bridgehead atoms. The molecule has 7 nitrogen and oxygen atoms in total. The van der Waals surface area contributed by atoms with Crippen LogP contribution in [0.15, 0.2) is 73.2 Å². The highest BCUT2D eigenvalue weighted by molar-refractivity contribution is 5.88. The van der Waals surface area contributed by atoms with Crippen LogP contribution in [-0.4, -0.2) is 38.8 Å². The van der Waals surface area contributed by atoms with Gasteiger partial charge in [0.2, 0.25) is 0 Å². The first kappa shape index (κ1) is 23.8. The van der Waals surface area contributed by atoms with Crippen molar-refractivity contribution in [3.63, 3.8) is 0 Å². The fourth-order valence-electron chi connectivity index (χ4n) is 4.97. The molecular formula is C29H30N4O3. The van der Waals surface area contributed by atoms with E-state index in [-0.39, 0.29) is 0 Å². The van der Waals surface area contributed by atoms with Crippen molar-refractivity contribution in [2.24, 2.45) is 11.7 Å². The van der Waals surface area contributed by atoms with E-state index in [4.69, 9.17) is 15.6 Å². The molecule has 0 fully saturated rings. The molecule has 1 unspecified atom stereocenters. The van der Waals surface area contributed by atoms with Crippen LogP contribution in [0.1, 0.15) is 36.9 Å². The summed E-state index contributed by atoms with van der Waals surface area (Å²) in [6, 6.07) is 17.9. The van der Waals surface area contributed by atoms with Gasteiger partial charge in [0.25, 0.3) is 0 Å². The molecule has 3 N–H and O–H groups in total. The quantitative estimate of drug-likeness (QED) is 0.360. The van der Waals surface area contributed by atoms with Crippen LogP contribution in [0.2, 0.25) is 0 Å². The van der Waals surface area contributed by atoms with E-state index in [9.17, 15) is 4.79 Å². The number of nitrogens with zero attached hydrogens (tertiary/aromatic N) is 3. The van der Waals surface area contributed by atoms with E-state index in [1.165, 1.54) is 11.1 Å². The number of aromatic nitrogens is 3. The second kappa shape index (κ2) is 10.3. The van der Waals surface area contributed by atoms with Gasteiger partial charge in [-0.2, -0.15) is 0 Å². The Hall–Kier alpha value is -3.97. The fourth-order valence-corrected chi connectivity index (χ4v) is 4.97. The lowest BCUT2D eigenvalue weighted by Gasteiger charge is -2.23. The number of benzene rings is 2. The second-order valence-electron chi connectivity index (χ2n) is 9.38. The Balaban J connectivity index is 1.32. The van der Waals surface area contributed by atoms with Crippen molar-refractivity contribution >= 4 is 22.6 Å². The topological polar surface area (TPSA) is 103 Å². The van der Waals surface area contributed by atoms with Gasteiger partial charge in [-0.1, -0.05) is 42.5 Å². The highest BCUT2D eigenvalue weighted by Crippen LogP contribution is 2.34. The first-order valence-electron chi connectivity index (χ1n) is 12.2. The van der Waals surface area contributed by atoms with E-state index in [0.717, 1.165) is 52.9 Å². The van der Waals surface area contributed by atoms with Crippen LogP contribution < -0.4 is 10.5 Å². The van der Waals surface area contributed by atoms with Crippen molar-refractivity contribution in [3.8, 4) is 16.9 Å². The molecule has 2 heterocycles. The molecule has 0 saturated carbocycles. The molecule has 5 rings (SSSR count). The summed E-state index contributed by atoms with van der Waals surface area (Å²) in [4.78, 5) is 20.3. The standard InChI is InChI=1S/C29H30N4O3/c1-36-24-4-2-3-23(16-24)21-9-7-20(8-10-21)17-33-14-13-25-27(31-18-32-28(25)33)22-11-5-19(6-12-22)15-26(30)29(34)35/h2-4,7-11,13-14,16,18-19,26H,5-6,12,15,17,30H2,1H3,(H,34,35)/t19?,26-/m0/s1. The summed E-state index contributed by atoms with van der Waals surface area (Å²) in [7, 11) is 1.68. The van der Waals surface area contributed by atoms with E-state index in [0.29, 0.717) is 18.9 Å². The molecule has 0 radical (unpaired) electrons. The van der Waals surface area contributed by atoms with Crippen molar-refractivity contribution in [3.05, 3.63) is 84.5 Å². The number of carbonyl (C=O) groups is 1. The number of hydrogen-bond acceptors (Lipinski definition) is 5. The Kier molecular flexibility index (Phi) is 6.82. The summed E-state index contributed by atoms with van der Waals surface area (Å²) in [6.45, 7) is 0.715. The second-order valence-corrected chi connectivity index (χ2v) is 9.38. The smallest absolute Gasteiger partial charge is 0.320 e. The summed E-state index contributed by atoms with van der Waals surface area (Å²) in [5, 5.41) is 10.1. The van der Waals surface area contributed by atoms with Gasteiger partial charge in [0.15, 0.2) is 0 Å². The number of fused-ring (bicyclic) bond motifs is 1. The Bertz CT molecular complexity index is 1410. The molecule has 0 aliphatic heterocycles. The molecule has 2 aromatic carbocycles. The third-order valence-electron chi connectivity index (χ3n) is 6.99. The van der Waals surface area contributed by atoms with Crippen molar-refractivity contribution in [1.82, 2.24) is 14.5 Å². The molecule has 2 aromatic heterocycles. The zero-order valence-corrected chi connectivity index (χ0v) is 20.3. The van der Waals surface area contributed by atoms with Gasteiger partial charge in [-0.3, -0.25) is 4.79 Å². The molecular weight excluding hydrogens is 452 g/mol. The largest absolute Gasteiger partial charge is 0.497 e. The third kappa shape index (κ3) is 5.02. The number of hydrogen-bond donors (Lipinski definition) is 2. The summed E-state index contributed by atoms with van der Waals surface area (Å²) in [6.07, 6.45) is 9.00.